The van der Waals surface area contributed by atoms with Crippen LogP contribution in [0.4, 0.5) is 0 Å². The molecular formula is C18H18BrNO3S. The highest BCUT2D eigenvalue weighted by Gasteiger charge is 2.13. The maximum Gasteiger partial charge on any atom is 0.316 e. The molecule has 0 saturated heterocycles. The molecular weight excluding hydrogens is 390 g/mol. The molecule has 0 aliphatic heterocycles. The van der Waals surface area contributed by atoms with Gasteiger partial charge in [0.05, 0.1) is 11.8 Å². The first-order valence-electron chi connectivity index (χ1n) is 7.43. The summed E-state index contributed by atoms with van der Waals surface area (Å²) in [5, 5.41) is 2.81. The van der Waals surface area contributed by atoms with E-state index in [1.54, 1.807) is 0 Å². The summed E-state index contributed by atoms with van der Waals surface area (Å²) in [4.78, 5) is 24.6. The molecule has 0 aliphatic carbocycles. The van der Waals surface area contributed by atoms with Gasteiger partial charge in [-0.15, -0.1) is 11.8 Å². The molecule has 1 N–H and O–H groups in total. The average Bonchev–Trinajstić information content (AvgIpc) is 2.59. The van der Waals surface area contributed by atoms with Crippen LogP contribution in [0.3, 0.4) is 0 Å². The summed E-state index contributed by atoms with van der Waals surface area (Å²) < 4.78 is 5.93. The molecule has 6 heteroatoms. The fraction of sp³-hybridized carbons (Fsp3) is 0.222. The Morgan fingerprint density at radius 3 is 2.50 bits per heavy atom. The van der Waals surface area contributed by atoms with Gasteiger partial charge >= 0.3 is 5.97 Å². The predicted octanol–water partition coefficient (Wildman–Crippen LogP) is 3.96. The van der Waals surface area contributed by atoms with E-state index in [9.17, 15) is 9.59 Å². The summed E-state index contributed by atoms with van der Waals surface area (Å²) >= 11 is 4.83. The molecule has 0 aliphatic rings. The summed E-state index contributed by atoms with van der Waals surface area (Å²) in [5.74, 6) is -0.555. The van der Waals surface area contributed by atoms with Crippen LogP contribution in [0.15, 0.2) is 64.0 Å². The first-order chi connectivity index (χ1) is 11.6. The Kier molecular flexibility index (Phi) is 7.34. The van der Waals surface area contributed by atoms with E-state index in [4.69, 9.17) is 4.74 Å². The second-order valence-electron chi connectivity index (χ2n) is 5.07. The molecule has 2 aromatic carbocycles. The lowest BCUT2D eigenvalue weighted by Gasteiger charge is -2.15. The van der Waals surface area contributed by atoms with E-state index in [1.807, 2.05) is 61.5 Å². The molecule has 4 nitrogen and oxygen atoms in total. The van der Waals surface area contributed by atoms with Gasteiger partial charge in [0.15, 0.2) is 6.61 Å². The Morgan fingerprint density at radius 2 is 1.79 bits per heavy atom. The molecule has 0 radical (unpaired) electrons. The number of rotatable bonds is 7. The van der Waals surface area contributed by atoms with Crippen LogP contribution >= 0.6 is 27.7 Å². The second kappa shape index (κ2) is 9.49. The lowest BCUT2D eigenvalue weighted by molar-refractivity contribution is -0.146. The van der Waals surface area contributed by atoms with Crippen molar-refractivity contribution in [3.8, 4) is 0 Å². The van der Waals surface area contributed by atoms with Crippen molar-refractivity contribution in [2.45, 2.75) is 17.9 Å². The van der Waals surface area contributed by atoms with Gasteiger partial charge in [-0.3, -0.25) is 9.59 Å². The van der Waals surface area contributed by atoms with Crippen LogP contribution in [-0.4, -0.2) is 24.2 Å². The Labute approximate surface area is 154 Å². The summed E-state index contributed by atoms with van der Waals surface area (Å²) in [6, 6.07) is 17.1. The molecule has 0 saturated carbocycles. The van der Waals surface area contributed by atoms with Crippen molar-refractivity contribution in [2.75, 3.05) is 12.4 Å². The van der Waals surface area contributed by atoms with Crippen LogP contribution < -0.4 is 5.32 Å². The normalized spacial score (nSPS) is 11.6. The van der Waals surface area contributed by atoms with Crippen molar-refractivity contribution < 1.29 is 14.3 Å². The number of ether oxygens (including phenoxy) is 1. The number of nitrogens with one attached hydrogen (secondary N) is 1. The summed E-state index contributed by atoms with van der Waals surface area (Å²) in [6.07, 6.45) is 0. The number of amides is 1. The van der Waals surface area contributed by atoms with Gasteiger partial charge in [-0.05, 0) is 30.7 Å². The number of benzene rings is 2. The fourth-order valence-corrected chi connectivity index (χ4v) is 3.38. The Balaban J connectivity index is 1.72. The van der Waals surface area contributed by atoms with Crippen LogP contribution in [0.2, 0.25) is 0 Å². The molecule has 0 spiro atoms. The summed E-state index contributed by atoms with van der Waals surface area (Å²) in [7, 11) is 0. The predicted molar refractivity (Wildman–Crippen MR) is 98.8 cm³/mol. The monoisotopic (exact) mass is 407 g/mol. The number of esters is 1. The van der Waals surface area contributed by atoms with Gasteiger partial charge < -0.3 is 10.1 Å². The number of carbonyl (C=O) groups is 2. The van der Waals surface area contributed by atoms with Crippen LogP contribution in [0, 0.1) is 0 Å². The largest absolute Gasteiger partial charge is 0.455 e. The SMILES string of the molecule is C[C@@H](NC(=O)COC(=O)CSc1ccccc1)c1ccccc1Br. The van der Waals surface area contributed by atoms with Gasteiger partial charge in [0.1, 0.15) is 0 Å². The summed E-state index contributed by atoms with van der Waals surface area (Å²) in [6.45, 7) is 1.61. The molecule has 1 amide bonds. The van der Waals surface area contributed by atoms with Crippen LogP contribution in [0.25, 0.3) is 0 Å². The molecule has 24 heavy (non-hydrogen) atoms. The van der Waals surface area contributed by atoms with Crippen molar-refractivity contribution >= 4 is 39.6 Å². The molecule has 0 heterocycles. The Hall–Kier alpha value is -1.79. The zero-order chi connectivity index (χ0) is 17.4. The number of hydrogen-bond donors (Lipinski definition) is 1. The lowest BCUT2D eigenvalue weighted by atomic mass is 10.1. The van der Waals surface area contributed by atoms with Crippen molar-refractivity contribution in [1.29, 1.82) is 0 Å². The first kappa shape index (κ1) is 18.5. The maximum atomic E-state index is 11.9. The lowest BCUT2D eigenvalue weighted by Crippen LogP contribution is -2.31. The Morgan fingerprint density at radius 1 is 1.12 bits per heavy atom. The average molecular weight is 408 g/mol. The third kappa shape index (κ3) is 6.02. The van der Waals surface area contributed by atoms with E-state index < -0.39 is 5.97 Å². The van der Waals surface area contributed by atoms with Gasteiger partial charge in [0.25, 0.3) is 5.91 Å². The van der Waals surface area contributed by atoms with E-state index in [0.29, 0.717) is 0 Å². The highest BCUT2D eigenvalue weighted by molar-refractivity contribution is 9.10. The van der Waals surface area contributed by atoms with Crippen LogP contribution in [-0.2, 0) is 14.3 Å². The van der Waals surface area contributed by atoms with Gasteiger partial charge in [-0.1, -0.05) is 52.3 Å². The maximum absolute atomic E-state index is 11.9. The first-order valence-corrected chi connectivity index (χ1v) is 9.21. The third-order valence-corrected chi connectivity index (χ3v) is 4.92. The second-order valence-corrected chi connectivity index (χ2v) is 6.98. The molecule has 126 valence electrons. The Bertz CT molecular complexity index is 694. The minimum atomic E-state index is -0.410. The number of hydrogen-bond acceptors (Lipinski definition) is 4. The quantitative estimate of drug-likeness (QED) is 0.557. The van der Waals surface area contributed by atoms with Crippen molar-refractivity contribution in [2.24, 2.45) is 0 Å². The zero-order valence-electron chi connectivity index (χ0n) is 13.2. The molecule has 1 atom stereocenters. The van der Waals surface area contributed by atoms with Gasteiger partial charge in [0, 0.05) is 9.37 Å². The van der Waals surface area contributed by atoms with Crippen LogP contribution in [0.1, 0.15) is 18.5 Å². The zero-order valence-corrected chi connectivity index (χ0v) is 15.6. The van der Waals surface area contributed by atoms with Crippen molar-refractivity contribution in [3.63, 3.8) is 0 Å². The highest BCUT2D eigenvalue weighted by Crippen LogP contribution is 2.22. The standard InChI is InChI=1S/C18H18BrNO3S/c1-13(15-9-5-6-10-16(15)19)20-17(21)11-23-18(22)12-24-14-7-3-2-4-8-14/h2-10,13H,11-12H2,1H3,(H,20,21)/t13-/m1/s1. The molecule has 0 aromatic heterocycles. The van der Waals surface area contributed by atoms with E-state index in [2.05, 4.69) is 21.2 Å². The molecule has 0 bridgehead atoms. The van der Waals surface area contributed by atoms with E-state index >= 15 is 0 Å². The van der Waals surface area contributed by atoms with Crippen molar-refractivity contribution in [3.05, 3.63) is 64.6 Å². The molecule has 2 rings (SSSR count). The summed E-state index contributed by atoms with van der Waals surface area (Å²) in [5.41, 5.74) is 0.969. The fourth-order valence-electron chi connectivity index (χ4n) is 2.03. The molecule has 2 aromatic rings. The van der Waals surface area contributed by atoms with Crippen LogP contribution in [0.5, 0.6) is 0 Å². The van der Waals surface area contributed by atoms with Crippen molar-refractivity contribution in [1.82, 2.24) is 5.32 Å². The topological polar surface area (TPSA) is 55.4 Å². The minimum absolute atomic E-state index is 0.175. The smallest absolute Gasteiger partial charge is 0.316 e. The van der Waals surface area contributed by atoms with E-state index in [1.165, 1.54) is 11.8 Å². The van der Waals surface area contributed by atoms with Gasteiger partial charge in [-0.25, -0.2) is 0 Å². The third-order valence-electron chi connectivity index (χ3n) is 3.21. The van der Waals surface area contributed by atoms with Gasteiger partial charge in [-0.2, -0.15) is 0 Å². The van der Waals surface area contributed by atoms with E-state index in [-0.39, 0.29) is 24.3 Å². The molecule has 0 fully saturated rings. The van der Waals surface area contributed by atoms with Gasteiger partial charge in [0.2, 0.25) is 0 Å². The minimum Gasteiger partial charge on any atom is -0.455 e. The number of carbonyl (C=O) groups excluding carboxylic acids is 2. The number of halogens is 1. The molecule has 0 unspecified atom stereocenters. The van der Waals surface area contributed by atoms with E-state index in [0.717, 1.165) is 14.9 Å². The highest BCUT2D eigenvalue weighted by atomic mass is 79.9. The number of thioether (sulfide) groups is 1.